The van der Waals surface area contributed by atoms with Crippen molar-refractivity contribution in [1.82, 2.24) is 15.0 Å². The highest BCUT2D eigenvalue weighted by Crippen LogP contribution is 2.33. The summed E-state index contributed by atoms with van der Waals surface area (Å²) in [5, 5.41) is 0. The Kier molecular flexibility index (Phi) is 8.19. The maximum atomic E-state index is 9.87. The second kappa shape index (κ2) is 10.6. The highest BCUT2D eigenvalue weighted by Gasteiger charge is 2.23. The van der Waals surface area contributed by atoms with E-state index in [4.69, 9.17) is 9.72 Å². The van der Waals surface area contributed by atoms with E-state index in [0.29, 0.717) is 5.92 Å². The lowest BCUT2D eigenvalue weighted by Crippen LogP contribution is -2.30. The third-order valence-electron chi connectivity index (χ3n) is 4.43. The quantitative estimate of drug-likeness (QED) is 0.453. The lowest BCUT2D eigenvalue weighted by Gasteiger charge is -2.24. The molecule has 2 aromatic heterocycles. The van der Waals surface area contributed by atoms with Gasteiger partial charge in [-0.1, -0.05) is 32.6 Å². The number of carbonyl (C=O) groups excluding carboxylic acids is 1. The lowest BCUT2D eigenvalue weighted by atomic mass is 10.1. The van der Waals surface area contributed by atoms with Gasteiger partial charge in [0.2, 0.25) is 5.78 Å². The zero-order valence-electron chi connectivity index (χ0n) is 17.6. The Morgan fingerprint density at radius 3 is 2.79 bits per heavy atom. The molecule has 1 atom stereocenters. The molecule has 1 unspecified atom stereocenters. The van der Waals surface area contributed by atoms with Gasteiger partial charge in [0.05, 0.1) is 17.8 Å². The molecule has 3 heterocycles. The van der Waals surface area contributed by atoms with E-state index in [1.165, 1.54) is 26.2 Å². The first-order chi connectivity index (χ1) is 13.5. The standard InChI is InChI=1S/C17H24N4O.C5H6O/c1-4-5-6-7-21-9-12(2)10-22-15-8-14-16(20-17(15)21)13(3)18-11-19-14;1-3-4-5(2)6/h8,11-12H,4-7,9-10H2,1-3H3;1-2H3. The number of pyridine rings is 1. The van der Waals surface area contributed by atoms with Crippen molar-refractivity contribution in [3.05, 3.63) is 18.1 Å². The molecule has 0 fully saturated rings. The largest absolute Gasteiger partial charge is 0.489 e. The molecule has 2 aromatic rings. The van der Waals surface area contributed by atoms with Crippen molar-refractivity contribution in [3.63, 3.8) is 0 Å². The fraction of sp³-hybridized carbons (Fsp3) is 0.545. The maximum Gasteiger partial charge on any atom is 0.202 e. The van der Waals surface area contributed by atoms with Crippen LogP contribution in [0.2, 0.25) is 0 Å². The van der Waals surface area contributed by atoms with Crippen LogP contribution in [0.4, 0.5) is 5.82 Å². The predicted molar refractivity (Wildman–Crippen MR) is 113 cm³/mol. The Balaban J connectivity index is 0.000000409. The molecule has 0 amide bonds. The summed E-state index contributed by atoms with van der Waals surface area (Å²) in [7, 11) is 0. The van der Waals surface area contributed by atoms with Crippen molar-refractivity contribution in [3.8, 4) is 17.6 Å². The summed E-state index contributed by atoms with van der Waals surface area (Å²) in [4.78, 5) is 25.7. The zero-order chi connectivity index (χ0) is 20.5. The van der Waals surface area contributed by atoms with Crippen molar-refractivity contribution in [2.45, 2.75) is 53.9 Å². The minimum Gasteiger partial charge on any atom is -0.489 e. The highest BCUT2D eigenvalue weighted by molar-refractivity contribution is 5.93. The fourth-order valence-corrected chi connectivity index (χ4v) is 3.08. The van der Waals surface area contributed by atoms with Crippen molar-refractivity contribution in [2.24, 2.45) is 5.92 Å². The Morgan fingerprint density at radius 1 is 1.36 bits per heavy atom. The molecule has 28 heavy (non-hydrogen) atoms. The topological polar surface area (TPSA) is 68.2 Å². The van der Waals surface area contributed by atoms with Crippen LogP contribution in [0.5, 0.6) is 5.75 Å². The van der Waals surface area contributed by atoms with Gasteiger partial charge in [0.15, 0.2) is 11.6 Å². The van der Waals surface area contributed by atoms with Gasteiger partial charge in [-0.2, -0.15) is 0 Å². The number of anilines is 1. The molecule has 150 valence electrons. The van der Waals surface area contributed by atoms with E-state index in [1.807, 2.05) is 13.0 Å². The second-order valence-electron chi connectivity index (χ2n) is 7.14. The predicted octanol–water partition coefficient (Wildman–Crippen LogP) is 3.96. The van der Waals surface area contributed by atoms with E-state index in [9.17, 15) is 4.79 Å². The fourth-order valence-electron chi connectivity index (χ4n) is 3.08. The van der Waals surface area contributed by atoms with Crippen LogP contribution >= 0.6 is 0 Å². The van der Waals surface area contributed by atoms with Crippen LogP contribution in [0.15, 0.2) is 12.4 Å². The van der Waals surface area contributed by atoms with E-state index in [0.717, 1.165) is 48.0 Å². The van der Waals surface area contributed by atoms with Crippen LogP contribution in [0, 0.1) is 24.7 Å². The minimum absolute atomic E-state index is 0.0718. The van der Waals surface area contributed by atoms with Crippen LogP contribution in [-0.4, -0.2) is 40.4 Å². The molecule has 0 aromatic carbocycles. The number of aromatic nitrogens is 3. The van der Waals surface area contributed by atoms with Gasteiger partial charge in [-0.25, -0.2) is 15.0 Å². The lowest BCUT2D eigenvalue weighted by molar-refractivity contribution is -0.111. The number of ketones is 1. The molecule has 3 rings (SSSR count). The molecule has 0 saturated heterocycles. The number of unbranched alkanes of at least 4 members (excludes halogenated alkanes) is 2. The highest BCUT2D eigenvalue weighted by atomic mass is 16.5. The molecule has 0 radical (unpaired) electrons. The van der Waals surface area contributed by atoms with E-state index in [-0.39, 0.29) is 5.78 Å². The van der Waals surface area contributed by atoms with Gasteiger partial charge in [-0.05, 0) is 26.2 Å². The number of carbonyl (C=O) groups is 1. The monoisotopic (exact) mass is 382 g/mol. The molecule has 0 aliphatic carbocycles. The van der Waals surface area contributed by atoms with Crippen LogP contribution in [-0.2, 0) is 4.79 Å². The zero-order valence-corrected chi connectivity index (χ0v) is 17.6. The summed E-state index contributed by atoms with van der Waals surface area (Å²) in [5.41, 5.74) is 2.65. The molecule has 0 saturated carbocycles. The molecule has 0 N–H and O–H groups in total. The van der Waals surface area contributed by atoms with Crippen LogP contribution in [0.25, 0.3) is 11.0 Å². The Bertz CT molecular complexity index is 870. The molecule has 6 nitrogen and oxygen atoms in total. The van der Waals surface area contributed by atoms with E-state index < -0.39 is 0 Å². The minimum atomic E-state index is -0.0718. The molecule has 1 aliphatic rings. The first-order valence-corrected chi connectivity index (χ1v) is 9.89. The SMILES string of the molecule is CC#CC(C)=O.CCCCCN1CC(C)COc2cc3ncnc(C)c3nc21. The number of rotatable bonds is 4. The average molecular weight is 383 g/mol. The van der Waals surface area contributed by atoms with E-state index >= 15 is 0 Å². The smallest absolute Gasteiger partial charge is 0.202 e. The third kappa shape index (κ3) is 5.91. The van der Waals surface area contributed by atoms with Gasteiger partial charge in [0.25, 0.3) is 0 Å². The van der Waals surface area contributed by atoms with Crippen LogP contribution < -0.4 is 9.64 Å². The van der Waals surface area contributed by atoms with Gasteiger partial charge in [0.1, 0.15) is 11.8 Å². The molecular formula is C22H30N4O2. The summed E-state index contributed by atoms with van der Waals surface area (Å²) in [6.07, 6.45) is 5.25. The number of hydrogen-bond donors (Lipinski definition) is 0. The first-order valence-electron chi connectivity index (χ1n) is 9.89. The molecule has 1 aliphatic heterocycles. The molecule has 6 heteroatoms. The first kappa shape index (κ1) is 21.6. The number of aryl methyl sites for hydroxylation is 1. The summed E-state index contributed by atoms with van der Waals surface area (Å²) in [6, 6.07) is 2.01. The molecule has 0 spiro atoms. The number of Topliss-reactive ketones (excluding diaryl/α,β-unsaturated/α-hetero) is 1. The van der Waals surface area contributed by atoms with Crippen molar-refractivity contribution < 1.29 is 9.53 Å². The van der Waals surface area contributed by atoms with Crippen LogP contribution in [0.1, 0.15) is 52.7 Å². The molecule has 0 bridgehead atoms. The summed E-state index contributed by atoms with van der Waals surface area (Å²) in [6.45, 7) is 12.3. The van der Waals surface area contributed by atoms with Gasteiger partial charge >= 0.3 is 0 Å². The van der Waals surface area contributed by atoms with Crippen molar-refractivity contribution >= 4 is 22.6 Å². The summed E-state index contributed by atoms with van der Waals surface area (Å²) < 4.78 is 5.98. The third-order valence-corrected chi connectivity index (χ3v) is 4.43. The number of ether oxygens (including phenoxy) is 1. The Hall–Kier alpha value is -2.68. The summed E-state index contributed by atoms with van der Waals surface area (Å²) >= 11 is 0. The van der Waals surface area contributed by atoms with Gasteiger partial charge in [-0.3, -0.25) is 4.79 Å². The Labute approximate surface area is 167 Å². The van der Waals surface area contributed by atoms with Crippen molar-refractivity contribution in [1.29, 1.82) is 0 Å². The van der Waals surface area contributed by atoms with E-state index in [1.54, 1.807) is 13.3 Å². The normalized spacial score (nSPS) is 15.3. The maximum absolute atomic E-state index is 9.87. The van der Waals surface area contributed by atoms with E-state index in [2.05, 4.69) is 40.6 Å². The number of hydrogen-bond acceptors (Lipinski definition) is 6. The van der Waals surface area contributed by atoms with Gasteiger partial charge in [0, 0.05) is 32.0 Å². The average Bonchev–Trinajstić information content (AvgIpc) is 2.80. The van der Waals surface area contributed by atoms with Gasteiger partial charge in [-0.15, -0.1) is 0 Å². The Morgan fingerprint density at radius 2 is 2.14 bits per heavy atom. The summed E-state index contributed by atoms with van der Waals surface area (Å²) in [5.74, 6) is 7.01. The van der Waals surface area contributed by atoms with Crippen LogP contribution in [0.3, 0.4) is 0 Å². The van der Waals surface area contributed by atoms with Gasteiger partial charge < -0.3 is 9.64 Å². The second-order valence-corrected chi connectivity index (χ2v) is 7.14. The van der Waals surface area contributed by atoms with Crippen molar-refractivity contribution in [2.75, 3.05) is 24.6 Å². The number of nitrogens with zero attached hydrogens (tertiary/aromatic N) is 4. The molecular weight excluding hydrogens is 352 g/mol. The number of fused-ring (bicyclic) bond motifs is 2.